The summed E-state index contributed by atoms with van der Waals surface area (Å²) in [5.41, 5.74) is 4.75. The van der Waals surface area contributed by atoms with E-state index in [1.165, 1.54) is 0 Å². The van der Waals surface area contributed by atoms with Crippen LogP contribution in [0.4, 0.5) is 0 Å². The lowest BCUT2D eigenvalue weighted by molar-refractivity contribution is -0.316. The van der Waals surface area contributed by atoms with Crippen LogP contribution < -0.4 is 15.9 Å². The first-order valence-electron chi connectivity index (χ1n) is 2.72. The van der Waals surface area contributed by atoms with E-state index >= 15 is 0 Å². The smallest absolute Gasteiger partial charge is 0.0962 e. The van der Waals surface area contributed by atoms with E-state index < -0.39 is 24.4 Å². The number of nitrogens with two attached hydrogens (primary N) is 1. The predicted octanol–water partition coefficient (Wildman–Crippen LogP) is -3.77. The number of hydrogen-bond donors (Lipinski definition) is 1. The molecule has 6 heteroatoms. The van der Waals surface area contributed by atoms with Crippen molar-refractivity contribution < 1.29 is 19.8 Å². The molecule has 0 bridgehead atoms. The van der Waals surface area contributed by atoms with Crippen LogP contribution in [0, 0.1) is 0 Å². The molecule has 0 aromatic carbocycles. The van der Waals surface area contributed by atoms with Crippen LogP contribution in [0.15, 0.2) is 4.99 Å². The van der Waals surface area contributed by atoms with Gasteiger partial charge in [0.05, 0.1) is 18.3 Å². The standard InChI is InChI=1S/C5H8N2O4/c6-2-7-3(5(10)11)1-4(8)9/h2-3H,1H2,(H2,6,7)(H,8,9)(H,10,11)/p-2. The fourth-order valence-corrected chi connectivity index (χ4v) is 0.459. The molecule has 0 saturated heterocycles. The molecular weight excluding hydrogens is 152 g/mol. The first-order chi connectivity index (χ1) is 5.07. The van der Waals surface area contributed by atoms with Gasteiger partial charge < -0.3 is 25.5 Å². The van der Waals surface area contributed by atoms with Crippen molar-refractivity contribution in [2.45, 2.75) is 12.5 Å². The molecule has 0 saturated carbocycles. The molecule has 11 heavy (non-hydrogen) atoms. The average molecular weight is 158 g/mol. The maximum absolute atomic E-state index is 10.1. The summed E-state index contributed by atoms with van der Waals surface area (Å²) in [7, 11) is 0. The van der Waals surface area contributed by atoms with Crippen LogP contribution in [-0.2, 0) is 9.59 Å². The predicted molar refractivity (Wildman–Crippen MR) is 31.1 cm³/mol. The van der Waals surface area contributed by atoms with E-state index in [1.54, 1.807) is 0 Å². The van der Waals surface area contributed by atoms with Crippen LogP contribution in [0.2, 0.25) is 0 Å². The molecule has 0 amide bonds. The van der Waals surface area contributed by atoms with Crippen molar-refractivity contribution in [3.63, 3.8) is 0 Å². The average Bonchev–Trinajstić information content (AvgIpc) is 1.86. The molecule has 0 aromatic heterocycles. The van der Waals surface area contributed by atoms with Gasteiger partial charge in [0, 0.05) is 12.4 Å². The summed E-state index contributed by atoms with van der Waals surface area (Å²) in [6.45, 7) is 0. The summed E-state index contributed by atoms with van der Waals surface area (Å²) in [4.78, 5) is 23.1. The molecule has 0 aliphatic heterocycles. The van der Waals surface area contributed by atoms with Gasteiger partial charge in [0.15, 0.2) is 0 Å². The van der Waals surface area contributed by atoms with E-state index in [9.17, 15) is 19.8 Å². The highest BCUT2D eigenvalue weighted by Gasteiger charge is 2.06. The second-order valence-electron chi connectivity index (χ2n) is 1.71. The fourth-order valence-electron chi connectivity index (χ4n) is 0.459. The minimum atomic E-state index is -1.59. The fraction of sp³-hybridized carbons (Fsp3) is 0.400. The van der Waals surface area contributed by atoms with Crippen LogP contribution in [0.3, 0.4) is 0 Å². The topological polar surface area (TPSA) is 119 Å². The zero-order chi connectivity index (χ0) is 8.85. The lowest BCUT2D eigenvalue weighted by atomic mass is 10.2. The summed E-state index contributed by atoms with van der Waals surface area (Å²) >= 11 is 0. The summed E-state index contributed by atoms with van der Waals surface area (Å²) in [6.07, 6.45) is -0.0144. The highest BCUT2D eigenvalue weighted by molar-refractivity contribution is 5.79. The van der Waals surface area contributed by atoms with Crippen molar-refractivity contribution >= 4 is 18.3 Å². The Bertz CT molecular complexity index is 189. The first kappa shape index (κ1) is 9.41. The zero-order valence-corrected chi connectivity index (χ0v) is 5.52. The van der Waals surface area contributed by atoms with Gasteiger partial charge in [-0.25, -0.2) is 0 Å². The third-order valence-corrected chi connectivity index (χ3v) is 0.898. The summed E-state index contributed by atoms with van der Waals surface area (Å²) in [5, 5.41) is 19.9. The van der Waals surface area contributed by atoms with Gasteiger partial charge in [-0.1, -0.05) is 0 Å². The molecule has 0 spiro atoms. The van der Waals surface area contributed by atoms with Gasteiger partial charge >= 0.3 is 0 Å². The second kappa shape index (κ2) is 4.26. The summed E-state index contributed by atoms with van der Waals surface area (Å²) in [6, 6.07) is -1.45. The van der Waals surface area contributed by atoms with Crippen LogP contribution in [0.1, 0.15) is 6.42 Å². The molecular formula is C5H6N2O4-2. The number of aliphatic carboxylic acids is 2. The molecule has 0 fully saturated rings. The van der Waals surface area contributed by atoms with E-state index in [4.69, 9.17) is 5.73 Å². The monoisotopic (exact) mass is 158 g/mol. The number of aliphatic imine (C=N–C) groups is 1. The highest BCUT2D eigenvalue weighted by Crippen LogP contribution is 1.93. The molecule has 2 N–H and O–H groups in total. The van der Waals surface area contributed by atoms with Crippen molar-refractivity contribution in [3.8, 4) is 0 Å². The number of carboxylic acid groups (broad SMARTS) is 2. The maximum atomic E-state index is 10.1. The number of carbonyl (C=O) groups excluding carboxylic acids is 2. The van der Waals surface area contributed by atoms with Crippen LogP contribution in [0.5, 0.6) is 0 Å². The molecule has 0 aliphatic rings. The first-order valence-corrected chi connectivity index (χ1v) is 2.72. The molecule has 0 aromatic rings. The number of carboxylic acids is 2. The number of nitrogens with zero attached hydrogens (tertiary/aromatic N) is 1. The van der Waals surface area contributed by atoms with Crippen molar-refractivity contribution in [3.05, 3.63) is 0 Å². The lowest BCUT2D eigenvalue weighted by Gasteiger charge is -2.12. The Labute approximate surface area is 62.3 Å². The van der Waals surface area contributed by atoms with Crippen LogP contribution in [-0.4, -0.2) is 24.3 Å². The summed E-state index contributed by atoms with van der Waals surface area (Å²) < 4.78 is 0. The normalized spacial score (nSPS) is 13.1. The van der Waals surface area contributed by atoms with E-state index in [1.807, 2.05) is 0 Å². The SMILES string of the molecule is NC=NC(CC(=O)[O-])C(=O)[O-]. The Balaban J connectivity index is 4.11. The second-order valence-corrected chi connectivity index (χ2v) is 1.71. The number of carbonyl (C=O) groups is 2. The minimum absolute atomic E-state index is 0.712. The Morgan fingerprint density at radius 3 is 2.36 bits per heavy atom. The molecule has 62 valence electrons. The molecule has 1 unspecified atom stereocenters. The van der Waals surface area contributed by atoms with E-state index in [-0.39, 0.29) is 0 Å². The Kier molecular flexibility index (Phi) is 3.65. The Morgan fingerprint density at radius 2 is 2.09 bits per heavy atom. The maximum Gasteiger partial charge on any atom is 0.0962 e. The quantitative estimate of drug-likeness (QED) is 0.332. The summed E-state index contributed by atoms with van der Waals surface area (Å²) in [5.74, 6) is -3.10. The minimum Gasteiger partial charge on any atom is -0.550 e. The number of rotatable bonds is 4. The molecule has 6 nitrogen and oxygen atoms in total. The number of hydrogen-bond acceptors (Lipinski definition) is 5. The molecule has 0 rings (SSSR count). The van der Waals surface area contributed by atoms with Crippen molar-refractivity contribution in [2.24, 2.45) is 10.7 Å². The van der Waals surface area contributed by atoms with Crippen molar-refractivity contribution in [1.29, 1.82) is 0 Å². The van der Waals surface area contributed by atoms with Gasteiger partial charge in [-0.3, -0.25) is 4.99 Å². The van der Waals surface area contributed by atoms with Crippen LogP contribution >= 0.6 is 0 Å². The van der Waals surface area contributed by atoms with Gasteiger partial charge in [-0.15, -0.1) is 0 Å². The zero-order valence-electron chi connectivity index (χ0n) is 5.52. The largest absolute Gasteiger partial charge is 0.550 e. The van der Waals surface area contributed by atoms with Gasteiger partial charge in [-0.05, 0) is 0 Å². The molecule has 0 radical (unpaired) electrons. The third kappa shape index (κ3) is 3.90. The molecule has 0 heterocycles. The van der Waals surface area contributed by atoms with E-state index in [2.05, 4.69) is 4.99 Å². The van der Waals surface area contributed by atoms with Gasteiger partial charge in [0.25, 0.3) is 0 Å². The van der Waals surface area contributed by atoms with E-state index in [0.29, 0.717) is 6.34 Å². The Morgan fingerprint density at radius 1 is 1.55 bits per heavy atom. The lowest BCUT2D eigenvalue weighted by Crippen LogP contribution is -2.39. The van der Waals surface area contributed by atoms with Gasteiger partial charge in [0.2, 0.25) is 0 Å². The van der Waals surface area contributed by atoms with Crippen molar-refractivity contribution in [2.75, 3.05) is 0 Å². The molecule has 0 aliphatic carbocycles. The molecule has 1 atom stereocenters. The third-order valence-electron chi connectivity index (χ3n) is 0.898. The van der Waals surface area contributed by atoms with Gasteiger partial charge in [-0.2, -0.15) is 0 Å². The highest BCUT2D eigenvalue weighted by atomic mass is 16.4. The van der Waals surface area contributed by atoms with Gasteiger partial charge in [0.1, 0.15) is 0 Å². The van der Waals surface area contributed by atoms with Crippen molar-refractivity contribution in [1.82, 2.24) is 0 Å². The van der Waals surface area contributed by atoms with Crippen LogP contribution in [0.25, 0.3) is 0 Å². The Hall–Kier alpha value is -1.59. The van der Waals surface area contributed by atoms with E-state index in [0.717, 1.165) is 0 Å².